The molecule has 0 fully saturated rings. The van der Waals surface area contributed by atoms with E-state index in [1.165, 1.54) is 7.11 Å². The Morgan fingerprint density at radius 1 is 1.44 bits per heavy atom. The van der Waals surface area contributed by atoms with Gasteiger partial charge in [-0.05, 0) is 40.7 Å². The third-order valence-corrected chi connectivity index (χ3v) is 2.47. The summed E-state index contributed by atoms with van der Waals surface area (Å²) in [6.45, 7) is -2.26. The van der Waals surface area contributed by atoms with E-state index in [1.54, 1.807) is 19.2 Å². The topological polar surface area (TPSA) is 30.5 Å². The van der Waals surface area contributed by atoms with Crippen LogP contribution in [0, 0.1) is 0 Å². The first-order valence-electron chi connectivity index (χ1n) is 4.54. The summed E-state index contributed by atoms with van der Waals surface area (Å²) >= 11 is 3.17. The molecular weight excluding hydrogens is 284 g/mol. The first-order valence-corrected chi connectivity index (χ1v) is 5.33. The minimum absolute atomic E-state index is 0.0114. The first kappa shape index (κ1) is 13.2. The zero-order valence-electron chi connectivity index (χ0n) is 8.89. The van der Waals surface area contributed by atoms with Crippen LogP contribution in [-0.4, -0.2) is 20.8 Å². The van der Waals surface area contributed by atoms with E-state index in [-0.39, 0.29) is 11.5 Å². The van der Waals surface area contributed by atoms with Crippen molar-refractivity contribution in [3.05, 3.63) is 22.2 Å². The van der Waals surface area contributed by atoms with Gasteiger partial charge in [-0.25, -0.2) is 0 Å². The van der Waals surface area contributed by atoms with Gasteiger partial charge in [-0.1, -0.05) is 0 Å². The molecule has 0 saturated carbocycles. The van der Waals surface area contributed by atoms with Crippen LogP contribution in [0.4, 0.5) is 8.78 Å². The zero-order valence-corrected chi connectivity index (χ0v) is 10.5. The van der Waals surface area contributed by atoms with Gasteiger partial charge in [-0.15, -0.1) is 0 Å². The molecule has 0 heterocycles. The molecule has 0 aliphatic rings. The van der Waals surface area contributed by atoms with Crippen LogP contribution < -0.4 is 14.8 Å². The minimum Gasteiger partial charge on any atom is -0.493 e. The molecule has 0 unspecified atom stereocenters. The molecule has 0 bridgehead atoms. The lowest BCUT2D eigenvalue weighted by molar-refractivity contribution is -0.0517. The van der Waals surface area contributed by atoms with Crippen molar-refractivity contribution in [3.8, 4) is 11.5 Å². The second-order valence-corrected chi connectivity index (χ2v) is 3.87. The molecule has 1 rings (SSSR count). The van der Waals surface area contributed by atoms with E-state index in [2.05, 4.69) is 26.0 Å². The standard InChI is InChI=1S/C10H12BrF2NO2/c1-14-5-6-3-7(11)9(16-10(12)13)8(4-6)15-2/h3-4,10,14H,5H2,1-2H3. The molecule has 1 aromatic rings. The zero-order chi connectivity index (χ0) is 12.1. The largest absolute Gasteiger partial charge is 0.493 e. The second-order valence-electron chi connectivity index (χ2n) is 3.02. The van der Waals surface area contributed by atoms with E-state index in [4.69, 9.17) is 4.74 Å². The van der Waals surface area contributed by atoms with Crippen LogP contribution in [0.1, 0.15) is 5.56 Å². The third-order valence-electron chi connectivity index (χ3n) is 1.88. The quantitative estimate of drug-likeness (QED) is 0.906. The van der Waals surface area contributed by atoms with Crippen LogP contribution in [0.15, 0.2) is 16.6 Å². The highest BCUT2D eigenvalue weighted by Gasteiger charge is 2.15. The lowest BCUT2D eigenvalue weighted by Crippen LogP contribution is -2.07. The fourth-order valence-electron chi connectivity index (χ4n) is 1.28. The average molecular weight is 296 g/mol. The first-order chi connectivity index (χ1) is 7.58. The fourth-order valence-corrected chi connectivity index (χ4v) is 1.87. The van der Waals surface area contributed by atoms with Crippen LogP contribution >= 0.6 is 15.9 Å². The van der Waals surface area contributed by atoms with Gasteiger partial charge in [0.05, 0.1) is 11.6 Å². The molecule has 0 aliphatic carbocycles. The predicted molar refractivity (Wildman–Crippen MR) is 60.1 cm³/mol. The summed E-state index contributed by atoms with van der Waals surface area (Å²) in [5.41, 5.74) is 0.910. The molecule has 0 aliphatic heterocycles. The van der Waals surface area contributed by atoms with Crippen molar-refractivity contribution < 1.29 is 18.3 Å². The maximum atomic E-state index is 12.2. The van der Waals surface area contributed by atoms with Gasteiger partial charge >= 0.3 is 6.61 Å². The summed E-state index contributed by atoms with van der Waals surface area (Å²) in [6.07, 6.45) is 0. The van der Waals surface area contributed by atoms with Gasteiger partial charge in [0.25, 0.3) is 0 Å². The van der Waals surface area contributed by atoms with Gasteiger partial charge in [-0.2, -0.15) is 8.78 Å². The van der Waals surface area contributed by atoms with Gasteiger partial charge in [0.2, 0.25) is 0 Å². The highest BCUT2D eigenvalue weighted by Crippen LogP contribution is 2.37. The van der Waals surface area contributed by atoms with Crippen molar-refractivity contribution in [2.75, 3.05) is 14.2 Å². The van der Waals surface area contributed by atoms with Gasteiger partial charge in [-0.3, -0.25) is 0 Å². The van der Waals surface area contributed by atoms with Gasteiger partial charge in [0, 0.05) is 6.54 Å². The van der Waals surface area contributed by atoms with Crippen LogP contribution in [0.3, 0.4) is 0 Å². The van der Waals surface area contributed by atoms with Gasteiger partial charge < -0.3 is 14.8 Å². The number of hydrogen-bond donors (Lipinski definition) is 1. The molecule has 3 nitrogen and oxygen atoms in total. The van der Waals surface area contributed by atoms with Gasteiger partial charge in [0.15, 0.2) is 11.5 Å². The molecule has 0 aromatic heterocycles. The highest BCUT2D eigenvalue weighted by molar-refractivity contribution is 9.10. The van der Waals surface area contributed by atoms with E-state index in [0.717, 1.165) is 5.56 Å². The molecule has 16 heavy (non-hydrogen) atoms. The molecule has 0 spiro atoms. The van der Waals surface area contributed by atoms with Crippen molar-refractivity contribution in [1.29, 1.82) is 0 Å². The number of ether oxygens (including phenoxy) is 2. The van der Waals surface area contributed by atoms with Crippen molar-refractivity contribution >= 4 is 15.9 Å². The maximum Gasteiger partial charge on any atom is 0.387 e. The number of rotatable bonds is 5. The molecular formula is C10H12BrF2NO2. The number of methoxy groups -OCH3 is 1. The molecule has 1 aromatic carbocycles. The minimum atomic E-state index is -2.87. The van der Waals surface area contributed by atoms with Crippen LogP contribution in [0.5, 0.6) is 11.5 Å². The maximum absolute atomic E-state index is 12.2. The van der Waals surface area contributed by atoms with Crippen LogP contribution in [0.25, 0.3) is 0 Å². The van der Waals surface area contributed by atoms with Gasteiger partial charge in [0.1, 0.15) is 0 Å². The summed E-state index contributed by atoms with van der Waals surface area (Å²) in [7, 11) is 3.20. The molecule has 0 amide bonds. The Balaban J connectivity index is 3.07. The predicted octanol–water partition coefficient (Wildman–Crippen LogP) is 2.78. The molecule has 6 heteroatoms. The summed E-state index contributed by atoms with van der Waals surface area (Å²) in [4.78, 5) is 0. The van der Waals surface area contributed by atoms with Crippen LogP contribution in [-0.2, 0) is 6.54 Å². The summed E-state index contributed by atoms with van der Waals surface area (Å²) in [5.74, 6) is 0.289. The van der Waals surface area contributed by atoms with Crippen molar-refractivity contribution in [2.24, 2.45) is 0 Å². The average Bonchev–Trinajstić information content (AvgIpc) is 2.21. The third kappa shape index (κ3) is 3.31. The lowest BCUT2D eigenvalue weighted by atomic mass is 10.2. The molecule has 0 saturated heterocycles. The van der Waals surface area contributed by atoms with Crippen molar-refractivity contribution in [3.63, 3.8) is 0 Å². The van der Waals surface area contributed by atoms with Crippen molar-refractivity contribution in [1.82, 2.24) is 5.32 Å². The number of alkyl halides is 2. The molecule has 90 valence electrons. The fraction of sp³-hybridized carbons (Fsp3) is 0.400. The lowest BCUT2D eigenvalue weighted by Gasteiger charge is -2.13. The Kier molecular flexibility index (Phi) is 4.95. The molecule has 1 N–H and O–H groups in total. The van der Waals surface area contributed by atoms with E-state index in [1.807, 2.05) is 0 Å². The SMILES string of the molecule is CNCc1cc(Br)c(OC(F)F)c(OC)c1. The smallest absolute Gasteiger partial charge is 0.387 e. The van der Waals surface area contributed by atoms with E-state index in [9.17, 15) is 8.78 Å². The second kappa shape index (κ2) is 6.00. The van der Waals surface area contributed by atoms with Crippen molar-refractivity contribution in [2.45, 2.75) is 13.2 Å². The Morgan fingerprint density at radius 2 is 2.12 bits per heavy atom. The normalized spacial score (nSPS) is 10.6. The Morgan fingerprint density at radius 3 is 2.62 bits per heavy atom. The summed E-state index contributed by atoms with van der Waals surface area (Å²) < 4.78 is 34.1. The Labute approximate surface area is 101 Å². The van der Waals surface area contributed by atoms with E-state index in [0.29, 0.717) is 11.0 Å². The summed E-state index contributed by atoms with van der Waals surface area (Å²) in [6, 6.07) is 3.36. The number of benzene rings is 1. The summed E-state index contributed by atoms with van der Waals surface area (Å²) in [5, 5.41) is 2.96. The highest BCUT2D eigenvalue weighted by atomic mass is 79.9. The van der Waals surface area contributed by atoms with E-state index < -0.39 is 6.61 Å². The Bertz CT molecular complexity index is 361. The molecule has 0 radical (unpaired) electrons. The number of nitrogens with one attached hydrogen (secondary N) is 1. The van der Waals surface area contributed by atoms with Crippen LogP contribution in [0.2, 0.25) is 0 Å². The number of hydrogen-bond acceptors (Lipinski definition) is 3. The van der Waals surface area contributed by atoms with E-state index >= 15 is 0 Å². The molecule has 0 atom stereocenters. The Hall–Kier alpha value is -0.880. The monoisotopic (exact) mass is 295 g/mol. The number of halogens is 3.